The summed E-state index contributed by atoms with van der Waals surface area (Å²) in [6, 6.07) is 13.7. The van der Waals surface area contributed by atoms with Gasteiger partial charge in [0.15, 0.2) is 11.5 Å². The number of H-pyrrole nitrogens is 1. The number of aromatic amines is 1. The molecule has 7 nitrogen and oxygen atoms in total. The fourth-order valence-corrected chi connectivity index (χ4v) is 3.94. The van der Waals surface area contributed by atoms with Crippen molar-refractivity contribution in [3.63, 3.8) is 0 Å². The summed E-state index contributed by atoms with van der Waals surface area (Å²) in [6.07, 6.45) is 3.05. The molecule has 7 heteroatoms. The number of aryl methyl sites for hydroxylation is 1. The second-order valence-electron chi connectivity index (χ2n) is 7.52. The maximum absolute atomic E-state index is 12.8. The van der Waals surface area contributed by atoms with Gasteiger partial charge in [0.05, 0.1) is 13.2 Å². The first-order chi connectivity index (χ1) is 14.8. The number of morpholine rings is 1. The van der Waals surface area contributed by atoms with Gasteiger partial charge in [-0.3, -0.25) is 4.79 Å². The lowest BCUT2D eigenvalue weighted by Gasteiger charge is -2.33. The molecule has 5 rings (SSSR count). The molecule has 0 saturated carbocycles. The maximum Gasteiger partial charge on any atom is 0.231 e. The van der Waals surface area contributed by atoms with Gasteiger partial charge in [-0.1, -0.05) is 18.2 Å². The third-order valence-corrected chi connectivity index (χ3v) is 5.55. The van der Waals surface area contributed by atoms with E-state index in [-0.39, 0.29) is 18.8 Å². The summed E-state index contributed by atoms with van der Waals surface area (Å²) in [5.41, 5.74) is 2.28. The molecule has 156 valence electrons. The van der Waals surface area contributed by atoms with Crippen LogP contribution >= 0.6 is 0 Å². The number of benzene rings is 2. The van der Waals surface area contributed by atoms with Crippen molar-refractivity contribution in [1.29, 1.82) is 0 Å². The van der Waals surface area contributed by atoms with Crippen LogP contribution in [0.4, 0.5) is 0 Å². The number of hydrogen-bond acceptors (Lipinski definition) is 5. The van der Waals surface area contributed by atoms with Crippen LogP contribution in [0.25, 0.3) is 10.9 Å². The van der Waals surface area contributed by atoms with E-state index in [1.807, 2.05) is 47.5 Å². The molecule has 1 unspecified atom stereocenters. The zero-order chi connectivity index (χ0) is 20.3. The lowest BCUT2D eigenvalue weighted by Crippen LogP contribution is -2.47. The third kappa shape index (κ3) is 3.93. The molecule has 1 atom stereocenters. The van der Waals surface area contributed by atoms with Gasteiger partial charge in [0.1, 0.15) is 18.5 Å². The minimum atomic E-state index is -0.152. The minimum absolute atomic E-state index is 0.150. The first-order valence-electron chi connectivity index (χ1n) is 10.2. The molecule has 1 saturated heterocycles. The smallest absolute Gasteiger partial charge is 0.231 e. The van der Waals surface area contributed by atoms with Gasteiger partial charge in [0.25, 0.3) is 0 Å². The molecular weight excluding hydrogens is 384 g/mol. The molecule has 1 aromatic heterocycles. The highest BCUT2D eigenvalue weighted by Crippen LogP contribution is 2.35. The standard InChI is InChI=1S/C23H24N2O5/c26-23(8-5-16-12-24-20-4-2-1-3-19(16)20)25-9-10-27-18(13-25)14-28-17-6-7-21-22(11-17)30-15-29-21/h1-4,6-7,11-12,18,24H,5,8-10,13-15H2. The molecule has 0 spiro atoms. The summed E-state index contributed by atoms with van der Waals surface area (Å²) in [4.78, 5) is 17.9. The van der Waals surface area contributed by atoms with Crippen LogP contribution in [0.3, 0.4) is 0 Å². The highest BCUT2D eigenvalue weighted by atomic mass is 16.7. The number of aromatic nitrogens is 1. The monoisotopic (exact) mass is 408 g/mol. The van der Waals surface area contributed by atoms with Crippen LogP contribution in [0.1, 0.15) is 12.0 Å². The van der Waals surface area contributed by atoms with Gasteiger partial charge >= 0.3 is 0 Å². The van der Waals surface area contributed by atoms with Crippen molar-refractivity contribution in [2.24, 2.45) is 0 Å². The predicted octanol–water partition coefficient (Wildman–Crippen LogP) is 3.14. The van der Waals surface area contributed by atoms with Crippen LogP contribution in [-0.2, 0) is 16.0 Å². The highest BCUT2D eigenvalue weighted by Gasteiger charge is 2.25. The van der Waals surface area contributed by atoms with Crippen LogP contribution in [0, 0.1) is 0 Å². The number of amides is 1. The molecule has 2 aliphatic rings. The van der Waals surface area contributed by atoms with Crippen molar-refractivity contribution in [1.82, 2.24) is 9.88 Å². The number of rotatable bonds is 6. The Morgan fingerprint density at radius 1 is 1.17 bits per heavy atom. The van der Waals surface area contributed by atoms with Gasteiger partial charge in [-0.25, -0.2) is 0 Å². The van der Waals surface area contributed by atoms with E-state index in [2.05, 4.69) is 11.1 Å². The second kappa shape index (κ2) is 8.28. The van der Waals surface area contributed by atoms with Crippen molar-refractivity contribution in [3.8, 4) is 17.2 Å². The maximum atomic E-state index is 12.8. The first kappa shape index (κ1) is 18.8. The lowest BCUT2D eigenvalue weighted by atomic mass is 10.1. The molecule has 30 heavy (non-hydrogen) atoms. The average Bonchev–Trinajstić information content (AvgIpc) is 3.42. The van der Waals surface area contributed by atoms with Crippen molar-refractivity contribution in [3.05, 3.63) is 54.2 Å². The van der Waals surface area contributed by atoms with E-state index < -0.39 is 0 Å². The molecule has 2 aromatic carbocycles. The highest BCUT2D eigenvalue weighted by molar-refractivity contribution is 5.84. The Morgan fingerprint density at radius 2 is 2.07 bits per heavy atom. The zero-order valence-corrected chi connectivity index (χ0v) is 16.6. The Balaban J connectivity index is 1.13. The molecule has 1 N–H and O–H groups in total. The fourth-order valence-electron chi connectivity index (χ4n) is 3.94. The summed E-state index contributed by atoms with van der Waals surface area (Å²) in [7, 11) is 0. The van der Waals surface area contributed by atoms with Gasteiger partial charge in [-0.15, -0.1) is 0 Å². The van der Waals surface area contributed by atoms with E-state index in [0.29, 0.717) is 44.2 Å². The van der Waals surface area contributed by atoms with Crippen LogP contribution in [0.5, 0.6) is 17.2 Å². The molecule has 1 fully saturated rings. The number of hydrogen-bond donors (Lipinski definition) is 1. The van der Waals surface area contributed by atoms with E-state index in [1.165, 1.54) is 10.9 Å². The number of para-hydroxylation sites is 1. The van der Waals surface area contributed by atoms with Crippen molar-refractivity contribution >= 4 is 16.8 Å². The number of carbonyl (C=O) groups is 1. The number of nitrogens with zero attached hydrogens (tertiary/aromatic N) is 1. The van der Waals surface area contributed by atoms with E-state index >= 15 is 0 Å². The number of fused-ring (bicyclic) bond motifs is 2. The Kier molecular flexibility index (Phi) is 5.19. The normalized spacial score (nSPS) is 18.0. The van der Waals surface area contributed by atoms with E-state index in [9.17, 15) is 4.79 Å². The number of ether oxygens (including phenoxy) is 4. The van der Waals surface area contributed by atoms with Gasteiger partial charge in [0.2, 0.25) is 12.7 Å². The van der Waals surface area contributed by atoms with Crippen LogP contribution in [-0.4, -0.2) is 55.0 Å². The molecule has 0 bridgehead atoms. The Hall–Kier alpha value is -3.19. The lowest BCUT2D eigenvalue weighted by molar-refractivity contribution is -0.139. The molecule has 3 heterocycles. The first-order valence-corrected chi connectivity index (χ1v) is 10.2. The molecule has 0 radical (unpaired) electrons. The molecule has 3 aromatic rings. The van der Waals surface area contributed by atoms with E-state index in [0.717, 1.165) is 17.7 Å². The predicted molar refractivity (Wildman–Crippen MR) is 111 cm³/mol. The largest absolute Gasteiger partial charge is 0.491 e. The minimum Gasteiger partial charge on any atom is -0.491 e. The van der Waals surface area contributed by atoms with Crippen LogP contribution in [0.15, 0.2) is 48.7 Å². The Labute approximate surface area is 174 Å². The Morgan fingerprint density at radius 3 is 3.03 bits per heavy atom. The summed E-state index contributed by atoms with van der Waals surface area (Å²) in [5.74, 6) is 2.26. The summed E-state index contributed by atoms with van der Waals surface area (Å²) in [5, 5.41) is 1.18. The molecule has 0 aliphatic carbocycles. The summed E-state index contributed by atoms with van der Waals surface area (Å²) < 4.78 is 22.4. The molecular formula is C23H24N2O5. The van der Waals surface area contributed by atoms with Gasteiger partial charge < -0.3 is 28.8 Å². The Bertz CT molecular complexity index is 1050. The second-order valence-corrected chi connectivity index (χ2v) is 7.52. The van der Waals surface area contributed by atoms with Gasteiger partial charge in [-0.2, -0.15) is 0 Å². The summed E-state index contributed by atoms with van der Waals surface area (Å²) >= 11 is 0. The van der Waals surface area contributed by atoms with Crippen molar-refractivity contribution < 1.29 is 23.7 Å². The van der Waals surface area contributed by atoms with Gasteiger partial charge in [0, 0.05) is 36.1 Å². The van der Waals surface area contributed by atoms with Crippen LogP contribution < -0.4 is 14.2 Å². The van der Waals surface area contributed by atoms with Gasteiger partial charge in [-0.05, 0) is 30.2 Å². The quantitative estimate of drug-likeness (QED) is 0.678. The zero-order valence-electron chi connectivity index (χ0n) is 16.6. The van der Waals surface area contributed by atoms with E-state index in [1.54, 1.807) is 0 Å². The van der Waals surface area contributed by atoms with Crippen molar-refractivity contribution in [2.75, 3.05) is 33.1 Å². The molecule has 2 aliphatic heterocycles. The third-order valence-electron chi connectivity index (χ3n) is 5.55. The number of nitrogens with one attached hydrogen (secondary N) is 1. The average molecular weight is 408 g/mol. The van der Waals surface area contributed by atoms with Crippen LogP contribution in [0.2, 0.25) is 0 Å². The number of carbonyl (C=O) groups excluding carboxylic acids is 1. The van der Waals surface area contributed by atoms with E-state index in [4.69, 9.17) is 18.9 Å². The fraction of sp³-hybridized carbons (Fsp3) is 0.348. The SMILES string of the molecule is O=C(CCc1c[nH]c2ccccc12)N1CCOC(COc2ccc3c(c2)OCO3)C1. The topological polar surface area (TPSA) is 73.0 Å². The molecule has 1 amide bonds. The van der Waals surface area contributed by atoms with Crippen molar-refractivity contribution in [2.45, 2.75) is 18.9 Å². The summed E-state index contributed by atoms with van der Waals surface area (Å²) in [6.45, 7) is 2.30.